The molecule has 2 aromatic carbocycles. The van der Waals surface area contributed by atoms with Crippen LogP contribution in [0.5, 0.6) is 11.5 Å². The molecule has 2 aromatic heterocycles. The second-order valence-electron chi connectivity index (χ2n) is 6.11. The fraction of sp³-hybridized carbons (Fsp3) is 0.0952. The maximum absolute atomic E-state index is 12.7. The Labute approximate surface area is 161 Å². The third kappa shape index (κ3) is 3.50. The molecule has 7 heteroatoms. The molecule has 0 spiro atoms. The number of hydrogen-bond acceptors (Lipinski definition) is 5. The number of benzene rings is 2. The van der Waals surface area contributed by atoms with E-state index in [2.05, 4.69) is 20.3 Å². The lowest BCUT2D eigenvalue weighted by atomic mass is 10.1. The van der Waals surface area contributed by atoms with E-state index in [-0.39, 0.29) is 5.91 Å². The molecule has 0 bridgehead atoms. The van der Waals surface area contributed by atoms with E-state index in [1.165, 1.54) is 0 Å². The monoisotopic (exact) mass is 374 g/mol. The molecule has 0 unspecified atom stereocenters. The van der Waals surface area contributed by atoms with Crippen molar-refractivity contribution in [2.24, 2.45) is 0 Å². The Bertz CT molecular complexity index is 1120. The van der Waals surface area contributed by atoms with E-state index in [1.54, 1.807) is 44.8 Å². The molecule has 0 aliphatic rings. The Hall–Kier alpha value is -3.87. The molecule has 4 aromatic rings. The highest BCUT2D eigenvalue weighted by molar-refractivity contribution is 6.05. The number of imidazole rings is 1. The smallest absolute Gasteiger partial charge is 0.255 e. The van der Waals surface area contributed by atoms with Gasteiger partial charge in [-0.3, -0.25) is 9.78 Å². The number of nitrogens with zero attached hydrogens (tertiary/aromatic N) is 2. The second-order valence-corrected chi connectivity index (χ2v) is 6.11. The molecule has 2 N–H and O–H groups in total. The SMILES string of the molecule is COc1cc(OC)cc(C(=O)Nc2ccc3nc(-c4cccnc4)[nH]c3c2)c1. The minimum absolute atomic E-state index is 0.261. The van der Waals surface area contributed by atoms with Crippen LogP contribution in [0.15, 0.2) is 60.9 Å². The standard InChI is InChI=1S/C21H18N4O3/c1-27-16-8-14(9-17(11-16)28-2)21(26)23-15-5-6-18-19(10-15)25-20(24-18)13-4-3-7-22-12-13/h3-12H,1-2H3,(H,23,26)(H,24,25). The number of anilines is 1. The zero-order chi connectivity index (χ0) is 19.5. The van der Waals surface area contributed by atoms with Gasteiger partial charge in [-0.05, 0) is 42.5 Å². The van der Waals surface area contributed by atoms with Crippen molar-refractivity contribution in [3.8, 4) is 22.9 Å². The first-order valence-electron chi connectivity index (χ1n) is 8.61. The summed E-state index contributed by atoms with van der Waals surface area (Å²) in [6, 6.07) is 14.3. The second kappa shape index (κ2) is 7.40. The summed E-state index contributed by atoms with van der Waals surface area (Å²) in [6.07, 6.45) is 3.46. The minimum atomic E-state index is -0.261. The lowest BCUT2D eigenvalue weighted by Gasteiger charge is -2.09. The molecular weight excluding hydrogens is 356 g/mol. The van der Waals surface area contributed by atoms with Crippen molar-refractivity contribution in [2.45, 2.75) is 0 Å². The quantitative estimate of drug-likeness (QED) is 0.553. The summed E-state index contributed by atoms with van der Waals surface area (Å²) in [5.74, 6) is 1.57. The van der Waals surface area contributed by atoms with Crippen molar-refractivity contribution < 1.29 is 14.3 Å². The normalized spacial score (nSPS) is 10.6. The Balaban J connectivity index is 1.60. The predicted molar refractivity (Wildman–Crippen MR) is 107 cm³/mol. The number of carbonyl (C=O) groups excluding carboxylic acids is 1. The van der Waals surface area contributed by atoms with Crippen LogP contribution in [0.4, 0.5) is 5.69 Å². The number of pyridine rings is 1. The van der Waals surface area contributed by atoms with Gasteiger partial charge in [0.25, 0.3) is 5.91 Å². The van der Waals surface area contributed by atoms with Crippen LogP contribution >= 0.6 is 0 Å². The number of ether oxygens (including phenoxy) is 2. The van der Waals surface area contributed by atoms with Crippen molar-refractivity contribution in [2.75, 3.05) is 19.5 Å². The minimum Gasteiger partial charge on any atom is -0.497 e. The van der Waals surface area contributed by atoms with Crippen molar-refractivity contribution in [1.82, 2.24) is 15.0 Å². The highest BCUT2D eigenvalue weighted by Crippen LogP contribution is 2.25. The number of aromatic nitrogens is 3. The zero-order valence-electron chi connectivity index (χ0n) is 15.4. The van der Waals surface area contributed by atoms with Gasteiger partial charge in [-0.15, -0.1) is 0 Å². The van der Waals surface area contributed by atoms with Gasteiger partial charge in [-0.2, -0.15) is 0 Å². The molecule has 140 valence electrons. The van der Waals surface area contributed by atoms with Gasteiger partial charge in [0, 0.05) is 35.3 Å². The summed E-state index contributed by atoms with van der Waals surface area (Å²) in [7, 11) is 3.09. The van der Waals surface area contributed by atoms with Gasteiger partial charge in [0.2, 0.25) is 0 Å². The van der Waals surface area contributed by atoms with Gasteiger partial charge in [-0.1, -0.05) is 0 Å². The van der Waals surface area contributed by atoms with E-state index in [0.717, 1.165) is 22.4 Å². The number of H-pyrrole nitrogens is 1. The van der Waals surface area contributed by atoms with E-state index in [4.69, 9.17) is 9.47 Å². The van der Waals surface area contributed by atoms with Crippen LogP contribution in [-0.2, 0) is 0 Å². The molecule has 0 aliphatic carbocycles. The third-order valence-corrected chi connectivity index (χ3v) is 4.29. The first-order valence-corrected chi connectivity index (χ1v) is 8.61. The van der Waals surface area contributed by atoms with Gasteiger partial charge in [0.15, 0.2) is 0 Å². The molecule has 0 radical (unpaired) electrons. The molecule has 28 heavy (non-hydrogen) atoms. The van der Waals surface area contributed by atoms with E-state index < -0.39 is 0 Å². The van der Waals surface area contributed by atoms with Crippen LogP contribution in [0.25, 0.3) is 22.4 Å². The van der Waals surface area contributed by atoms with Crippen LogP contribution in [0, 0.1) is 0 Å². The van der Waals surface area contributed by atoms with Gasteiger partial charge in [-0.25, -0.2) is 4.98 Å². The topological polar surface area (TPSA) is 89.1 Å². The number of nitrogens with one attached hydrogen (secondary N) is 2. The largest absolute Gasteiger partial charge is 0.497 e. The molecule has 0 aliphatic heterocycles. The highest BCUT2D eigenvalue weighted by atomic mass is 16.5. The maximum atomic E-state index is 12.7. The summed E-state index contributed by atoms with van der Waals surface area (Å²) in [6.45, 7) is 0. The first kappa shape index (κ1) is 17.5. The Morgan fingerprint density at radius 1 is 1.04 bits per heavy atom. The van der Waals surface area contributed by atoms with Crippen molar-refractivity contribution >= 4 is 22.6 Å². The summed E-state index contributed by atoms with van der Waals surface area (Å²) < 4.78 is 10.4. The Morgan fingerprint density at radius 2 is 1.82 bits per heavy atom. The van der Waals surface area contributed by atoms with E-state index in [9.17, 15) is 4.79 Å². The average Bonchev–Trinajstić information content (AvgIpc) is 3.17. The number of hydrogen-bond donors (Lipinski definition) is 2. The molecule has 1 amide bonds. The molecular formula is C21H18N4O3. The Kier molecular flexibility index (Phi) is 4.63. The molecule has 0 atom stereocenters. The van der Waals surface area contributed by atoms with Gasteiger partial charge in [0.05, 0.1) is 25.3 Å². The van der Waals surface area contributed by atoms with Crippen LogP contribution in [-0.4, -0.2) is 35.1 Å². The molecule has 0 saturated heterocycles. The van der Waals surface area contributed by atoms with Gasteiger partial charge >= 0.3 is 0 Å². The average molecular weight is 374 g/mol. The van der Waals surface area contributed by atoms with E-state index in [0.29, 0.717) is 22.7 Å². The first-order chi connectivity index (χ1) is 13.7. The van der Waals surface area contributed by atoms with Crippen LogP contribution in [0.2, 0.25) is 0 Å². The van der Waals surface area contributed by atoms with Gasteiger partial charge in [0.1, 0.15) is 17.3 Å². The zero-order valence-corrected chi connectivity index (χ0v) is 15.4. The summed E-state index contributed by atoms with van der Waals surface area (Å²) in [5.41, 5.74) is 3.62. The Morgan fingerprint density at radius 3 is 2.50 bits per heavy atom. The van der Waals surface area contributed by atoms with Crippen molar-refractivity contribution in [3.63, 3.8) is 0 Å². The van der Waals surface area contributed by atoms with Crippen LogP contribution in [0.3, 0.4) is 0 Å². The summed E-state index contributed by atoms with van der Waals surface area (Å²) in [5, 5.41) is 2.89. The number of fused-ring (bicyclic) bond motifs is 1. The maximum Gasteiger partial charge on any atom is 0.255 e. The van der Waals surface area contributed by atoms with Crippen molar-refractivity contribution in [1.29, 1.82) is 0 Å². The van der Waals surface area contributed by atoms with E-state index >= 15 is 0 Å². The number of amides is 1. The molecule has 4 rings (SSSR count). The molecule has 7 nitrogen and oxygen atoms in total. The summed E-state index contributed by atoms with van der Waals surface area (Å²) in [4.78, 5) is 24.6. The fourth-order valence-electron chi connectivity index (χ4n) is 2.87. The van der Waals surface area contributed by atoms with Crippen LogP contribution in [0.1, 0.15) is 10.4 Å². The molecule has 0 fully saturated rings. The number of methoxy groups -OCH3 is 2. The fourth-order valence-corrected chi connectivity index (χ4v) is 2.87. The van der Waals surface area contributed by atoms with E-state index in [1.807, 2.05) is 30.3 Å². The third-order valence-electron chi connectivity index (χ3n) is 4.29. The van der Waals surface area contributed by atoms with Gasteiger partial charge < -0.3 is 19.8 Å². The lowest BCUT2D eigenvalue weighted by molar-refractivity contribution is 0.102. The highest BCUT2D eigenvalue weighted by Gasteiger charge is 2.12. The summed E-state index contributed by atoms with van der Waals surface area (Å²) >= 11 is 0. The number of carbonyl (C=O) groups is 1. The number of rotatable bonds is 5. The predicted octanol–water partition coefficient (Wildman–Crippen LogP) is 3.89. The molecule has 2 heterocycles. The molecule has 0 saturated carbocycles. The van der Waals surface area contributed by atoms with Crippen LogP contribution < -0.4 is 14.8 Å². The number of aromatic amines is 1. The lowest BCUT2D eigenvalue weighted by Crippen LogP contribution is -2.12. The van der Waals surface area contributed by atoms with Crippen molar-refractivity contribution in [3.05, 3.63) is 66.5 Å².